The Balaban J connectivity index is 1.78. The summed E-state index contributed by atoms with van der Waals surface area (Å²) < 4.78 is 44.5. The Hall–Kier alpha value is -2.77. The minimum Gasteiger partial charge on any atom is -0.497 e. The van der Waals surface area contributed by atoms with Crippen molar-refractivity contribution in [1.29, 1.82) is 0 Å². The second kappa shape index (κ2) is 6.86. The Kier molecular flexibility index (Phi) is 4.76. The second-order valence-corrected chi connectivity index (χ2v) is 6.02. The molecule has 1 amide bonds. The Morgan fingerprint density at radius 3 is 2.65 bits per heavy atom. The Labute approximate surface area is 147 Å². The molecule has 2 aromatic rings. The molecule has 0 spiro atoms. The van der Waals surface area contributed by atoms with Crippen molar-refractivity contribution in [2.75, 3.05) is 13.7 Å². The second-order valence-electron chi connectivity index (χ2n) is 6.02. The van der Waals surface area contributed by atoms with Gasteiger partial charge in [-0.05, 0) is 36.2 Å². The average molecular weight is 366 g/mol. The van der Waals surface area contributed by atoms with Crippen LogP contribution in [0.5, 0.6) is 5.75 Å². The summed E-state index contributed by atoms with van der Waals surface area (Å²) in [7, 11) is 1.54. The van der Waals surface area contributed by atoms with Crippen molar-refractivity contribution in [1.82, 2.24) is 9.47 Å². The number of hydrogen-bond donors (Lipinski definition) is 0. The summed E-state index contributed by atoms with van der Waals surface area (Å²) in [6.45, 7) is 0.0671. The lowest BCUT2D eigenvalue weighted by atomic mass is 9.94. The molecule has 1 aliphatic heterocycles. The van der Waals surface area contributed by atoms with E-state index in [-0.39, 0.29) is 6.04 Å². The Morgan fingerprint density at radius 2 is 2.04 bits per heavy atom. The zero-order valence-electron chi connectivity index (χ0n) is 14.0. The highest BCUT2D eigenvalue weighted by molar-refractivity contribution is 5.77. The van der Waals surface area contributed by atoms with Crippen LogP contribution in [0, 0.1) is 0 Å². The van der Waals surface area contributed by atoms with Crippen molar-refractivity contribution < 1.29 is 22.7 Å². The highest BCUT2D eigenvalue weighted by Crippen LogP contribution is 2.34. The molecule has 8 heteroatoms. The molecule has 3 rings (SSSR count). The van der Waals surface area contributed by atoms with E-state index in [1.807, 2.05) is 18.2 Å². The lowest BCUT2D eigenvalue weighted by molar-refractivity contribution is -0.142. The number of amides is 1. The maximum Gasteiger partial charge on any atom is 0.421 e. The van der Waals surface area contributed by atoms with Gasteiger partial charge in [0, 0.05) is 12.7 Å². The van der Waals surface area contributed by atoms with E-state index >= 15 is 0 Å². The van der Waals surface area contributed by atoms with E-state index in [2.05, 4.69) is 0 Å². The number of pyridine rings is 1. The fourth-order valence-electron chi connectivity index (χ4n) is 2.99. The van der Waals surface area contributed by atoms with E-state index in [1.54, 1.807) is 18.1 Å². The molecular weight excluding hydrogens is 349 g/mol. The van der Waals surface area contributed by atoms with Crippen LogP contribution < -0.4 is 10.3 Å². The van der Waals surface area contributed by atoms with Crippen molar-refractivity contribution in [2.24, 2.45) is 0 Å². The first-order valence-corrected chi connectivity index (χ1v) is 8.01. The number of benzene rings is 1. The van der Waals surface area contributed by atoms with Gasteiger partial charge in [-0.15, -0.1) is 0 Å². The predicted molar refractivity (Wildman–Crippen MR) is 87.8 cm³/mol. The number of alkyl halides is 3. The standard InChI is InChI=1S/C18H17F3N2O3/c1-26-13-5-2-4-12(10-13)15-7-9-23(15)16(24)11-22-8-3-6-14(17(22)25)18(19,20)21/h2-6,8,10,15H,7,9,11H2,1H3/t15-/m1/s1. The molecule has 1 fully saturated rings. The van der Waals surface area contributed by atoms with Crippen molar-refractivity contribution in [2.45, 2.75) is 25.2 Å². The fraction of sp³-hybridized carbons (Fsp3) is 0.333. The zero-order valence-corrected chi connectivity index (χ0v) is 14.0. The molecule has 5 nitrogen and oxygen atoms in total. The third-order valence-electron chi connectivity index (χ3n) is 4.45. The number of halogens is 3. The van der Waals surface area contributed by atoms with E-state index in [1.165, 1.54) is 6.20 Å². The number of nitrogens with zero attached hydrogens (tertiary/aromatic N) is 2. The van der Waals surface area contributed by atoms with Crippen LogP contribution in [0.2, 0.25) is 0 Å². The smallest absolute Gasteiger partial charge is 0.421 e. The highest BCUT2D eigenvalue weighted by atomic mass is 19.4. The van der Waals surface area contributed by atoms with Gasteiger partial charge < -0.3 is 14.2 Å². The van der Waals surface area contributed by atoms with Crippen molar-refractivity contribution >= 4 is 5.91 Å². The van der Waals surface area contributed by atoms with Gasteiger partial charge in [-0.2, -0.15) is 13.2 Å². The van der Waals surface area contributed by atoms with Crippen LogP contribution in [-0.2, 0) is 17.5 Å². The normalized spacial score (nSPS) is 16.9. The molecule has 0 radical (unpaired) electrons. The summed E-state index contributed by atoms with van der Waals surface area (Å²) in [6, 6.07) is 8.95. The van der Waals surface area contributed by atoms with Crippen molar-refractivity contribution in [3.8, 4) is 5.75 Å². The minimum atomic E-state index is -4.75. The van der Waals surface area contributed by atoms with Gasteiger partial charge in [-0.3, -0.25) is 9.59 Å². The molecule has 1 aromatic heterocycles. The van der Waals surface area contributed by atoms with E-state index < -0.39 is 29.8 Å². The summed E-state index contributed by atoms with van der Waals surface area (Å²) in [6.07, 6.45) is -2.81. The van der Waals surface area contributed by atoms with Gasteiger partial charge in [0.1, 0.15) is 17.9 Å². The lowest BCUT2D eigenvalue weighted by Gasteiger charge is -2.41. The van der Waals surface area contributed by atoms with Crippen molar-refractivity contribution in [3.05, 3.63) is 64.1 Å². The first-order chi connectivity index (χ1) is 12.3. The molecule has 138 valence electrons. The van der Waals surface area contributed by atoms with Crippen LogP contribution in [0.15, 0.2) is 47.4 Å². The lowest BCUT2D eigenvalue weighted by Crippen LogP contribution is -2.47. The number of methoxy groups -OCH3 is 1. The zero-order chi connectivity index (χ0) is 18.9. The largest absolute Gasteiger partial charge is 0.497 e. The number of ether oxygens (including phenoxy) is 1. The van der Waals surface area contributed by atoms with E-state index in [0.717, 1.165) is 22.6 Å². The maximum absolute atomic E-state index is 12.8. The number of hydrogen-bond acceptors (Lipinski definition) is 3. The molecule has 0 bridgehead atoms. The molecule has 2 heterocycles. The molecule has 0 aliphatic carbocycles. The Morgan fingerprint density at radius 1 is 1.27 bits per heavy atom. The number of rotatable bonds is 4. The first kappa shape index (κ1) is 18.0. The van der Waals surface area contributed by atoms with Gasteiger partial charge in [-0.1, -0.05) is 12.1 Å². The van der Waals surface area contributed by atoms with Crippen molar-refractivity contribution in [3.63, 3.8) is 0 Å². The minimum absolute atomic E-state index is 0.167. The van der Waals surface area contributed by atoms with Gasteiger partial charge >= 0.3 is 6.18 Å². The van der Waals surface area contributed by atoms with Crippen LogP contribution >= 0.6 is 0 Å². The first-order valence-electron chi connectivity index (χ1n) is 8.01. The van der Waals surface area contributed by atoms with Crippen LogP contribution in [0.3, 0.4) is 0 Å². The van der Waals surface area contributed by atoms with Gasteiger partial charge in [0.2, 0.25) is 5.91 Å². The predicted octanol–water partition coefficient (Wildman–Crippen LogP) is 2.85. The highest BCUT2D eigenvalue weighted by Gasteiger charge is 2.36. The SMILES string of the molecule is COc1cccc([C@H]2CCN2C(=O)Cn2cccc(C(F)(F)F)c2=O)c1. The molecule has 26 heavy (non-hydrogen) atoms. The quantitative estimate of drug-likeness (QED) is 0.836. The summed E-state index contributed by atoms with van der Waals surface area (Å²) in [5.41, 5.74) is -1.60. The molecule has 0 N–H and O–H groups in total. The van der Waals surface area contributed by atoms with Crippen LogP contribution in [-0.4, -0.2) is 29.0 Å². The van der Waals surface area contributed by atoms with Crippen LogP contribution in [0.1, 0.15) is 23.6 Å². The third kappa shape index (κ3) is 3.44. The number of likely N-dealkylation sites (tertiary alicyclic amines) is 1. The Bertz CT molecular complexity index is 876. The molecule has 1 saturated heterocycles. The van der Waals surface area contributed by atoms with E-state index in [0.29, 0.717) is 18.4 Å². The van der Waals surface area contributed by atoms with E-state index in [4.69, 9.17) is 4.74 Å². The van der Waals surface area contributed by atoms with Gasteiger partial charge in [0.05, 0.1) is 13.2 Å². The summed E-state index contributed by atoms with van der Waals surface area (Å²) >= 11 is 0. The summed E-state index contributed by atoms with van der Waals surface area (Å²) in [4.78, 5) is 26.0. The number of carbonyl (C=O) groups is 1. The molecule has 1 atom stereocenters. The molecule has 1 aromatic carbocycles. The van der Waals surface area contributed by atoms with Gasteiger partial charge in [0.15, 0.2) is 0 Å². The van der Waals surface area contributed by atoms with E-state index in [9.17, 15) is 22.8 Å². The number of carbonyl (C=O) groups excluding carboxylic acids is 1. The number of aromatic nitrogens is 1. The van der Waals surface area contributed by atoms with Gasteiger partial charge in [-0.25, -0.2) is 0 Å². The molecular formula is C18H17F3N2O3. The molecule has 0 saturated carbocycles. The average Bonchev–Trinajstić information content (AvgIpc) is 2.55. The fourth-order valence-corrected chi connectivity index (χ4v) is 2.99. The molecule has 1 aliphatic rings. The topological polar surface area (TPSA) is 51.5 Å². The maximum atomic E-state index is 12.8. The summed E-state index contributed by atoms with van der Waals surface area (Å²) in [5, 5.41) is 0. The monoisotopic (exact) mass is 366 g/mol. The molecule has 0 unspecified atom stereocenters. The third-order valence-corrected chi connectivity index (χ3v) is 4.45. The van der Waals surface area contributed by atoms with Gasteiger partial charge in [0.25, 0.3) is 5.56 Å². The van der Waals surface area contributed by atoms with Crippen LogP contribution in [0.25, 0.3) is 0 Å². The van der Waals surface area contributed by atoms with Crippen LogP contribution in [0.4, 0.5) is 13.2 Å². The summed E-state index contributed by atoms with van der Waals surface area (Å²) in [5.74, 6) is 0.265.